The molecule has 0 spiro atoms. The molecule has 232 valence electrons. The standard InChI is InChI=1S/C29H37N5O7S2/c1-3-41-29(36)32-13-15-33(16-14-32)43(37,38)24-8-5-22(6-9-24)27(35)34(12-4-11-31-17-19-40-20-18-31)28-30-25-10-7-23(39-2)21-26(25)42-28/h5-10,21H,3-4,11-20H2,1-2H3. The molecule has 2 amide bonds. The summed E-state index contributed by atoms with van der Waals surface area (Å²) in [7, 11) is -2.19. The van der Waals surface area contributed by atoms with E-state index in [1.54, 1.807) is 31.1 Å². The average Bonchev–Trinajstić information content (AvgIpc) is 3.46. The second-order valence-electron chi connectivity index (χ2n) is 10.2. The summed E-state index contributed by atoms with van der Waals surface area (Å²) in [6, 6.07) is 11.7. The number of benzene rings is 2. The Bertz CT molecular complexity index is 1520. The van der Waals surface area contributed by atoms with Crippen LogP contribution in [0.5, 0.6) is 5.75 Å². The predicted molar refractivity (Wildman–Crippen MR) is 164 cm³/mol. The largest absolute Gasteiger partial charge is 0.497 e. The van der Waals surface area contributed by atoms with Crippen molar-refractivity contribution in [2.75, 3.05) is 84.2 Å². The second kappa shape index (κ2) is 14.0. The normalized spacial score (nSPS) is 16.7. The SMILES string of the molecule is CCOC(=O)N1CCN(S(=O)(=O)c2ccc(C(=O)N(CCCN3CCOCC3)c3nc4ccc(OC)cc4s3)cc2)CC1. The van der Waals surface area contributed by atoms with Crippen LogP contribution in [0.15, 0.2) is 47.4 Å². The lowest BCUT2D eigenvalue weighted by molar-refractivity contribution is 0.0376. The molecule has 2 aliphatic heterocycles. The van der Waals surface area contributed by atoms with Crippen LogP contribution in [-0.2, 0) is 19.5 Å². The van der Waals surface area contributed by atoms with Gasteiger partial charge in [0.1, 0.15) is 5.75 Å². The summed E-state index contributed by atoms with van der Waals surface area (Å²) >= 11 is 1.42. The van der Waals surface area contributed by atoms with Gasteiger partial charge in [0.25, 0.3) is 5.91 Å². The third-order valence-electron chi connectivity index (χ3n) is 7.52. The molecule has 2 aliphatic rings. The Morgan fingerprint density at radius 3 is 2.42 bits per heavy atom. The van der Waals surface area contributed by atoms with Crippen molar-refractivity contribution in [3.63, 3.8) is 0 Å². The van der Waals surface area contributed by atoms with Crippen LogP contribution in [0, 0.1) is 0 Å². The number of sulfonamides is 1. The molecule has 2 aromatic carbocycles. The number of fused-ring (bicyclic) bond motifs is 1. The van der Waals surface area contributed by atoms with Crippen molar-refractivity contribution in [1.82, 2.24) is 19.1 Å². The number of thiazole rings is 1. The lowest BCUT2D eigenvalue weighted by atomic mass is 10.2. The summed E-state index contributed by atoms with van der Waals surface area (Å²) in [4.78, 5) is 36.2. The van der Waals surface area contributed by atoms with Crippen LogP contribution in [0.4, 0.5) is 9.93 Å². The number of amides is 2. The maximum Gasteiger partial charge on any atom is 0.409 e. The third-order valence-corrected chi connectivity index (χ3v) is 10.5. The summed E-state index contributed by atoms with van der Waals surface area (Å²) < 4.78 is 44.8. The van der Waals surface area contributed by atoms with Crippen molar-refractivity contribution in [3.8, 4) is 5.75 Å². The van der Waals surface area contributed by atoms with Gasteiger partial charge in [-0.15, -0.1) is 0 Å². The molecule has 3 heterocycles. The van der Waals surface area contributed by atoms with Gasteiger partial charge in [0.15, 0.2) is 5.13 Å². The Balaban J connectivity index is 1.32. The Labute approximate surface area is 255 Å². The van der Waals surface area contributed by atoms with Crippen LogP contribution >= 0.6 is 11.3 Å². The van der Waals surface area contributed by atoms with Gasteiger partial charge in [0.2, 0.25) is 10.0 Å². The lowest BCUT2D eigenvalue weighted by Crippen LogP contribution is -2.50. The quantitative estimate of drug-likeness (QED) is 0.332. The van der Waals surface area contributed by atoms with Crippen molar-refractivity contribution in [2.24, 2.45) is 0 Å². The van der Waals surface area contributed by atoms with E-state index in [2.05, 4.69) is 4.90 Å². The number of carbonyl (C=O) groups is 2. The zero-order chi connectivity index (χ0) is 30.4. The topological polar surface area (TPSA) is 122 Å². The summed E-state index contributed by atoms with van der Waals surface area (Å²) in [5.74, 6) is 0.465. The number of morpholine rings is 1. The number of methoxy groups -OCH3 is 1. The molecule has 0 N–H and O–H groups in total. The number of hydrogen-bond acceptors (Lipinski definition) is 10. The zero-order valence-corrected chi connectivity index (χ0v) is 26.1. The van der Waals surface area contributed by atoms with Gasteiger partial charge < -0.3 is 19.1 Å². The smallest absolute Gasteiger partial charge is 0.409 e. The van der Waals surface area contributed by atoms with Crippen molar-refractivity contribution >= 4 is 48.7 Å². The van der Waals surface area contributed by atoms with E-state index >= 15 is 0 Å². The molecule has 1 aromatic heterocycles. The van der Waals surface area contributed by atoms with E-state index in [-0.39, 0.29) is 43.6 Å². The van der Waals surface area contributed by atoms with E-state index in [1.807, 2.05) is 18.2 Å². The molecule has 0 bridgehead atoms. The van der Waals surface area contributed by atoms with Gasteiger partial charge in [0, 0.05) is 57.9 Å². The van der Waals surface area contributed by atoms with Gasteiger partial charge in [-0.3, -0.25) is 14.6 Å². The molecule has 5 rings (SSSR count). The van der Waals surface area contributed by atoms with E-state index in [0.717, 1.165) is 36.3 Å². The van der Waals surface area contributed by atoms with Crippen LogP contribution in [0.2, 0.25) is 0 Å². The van der Waals surface area contributed by atoms with E-state index in [0.29, 0.717) is 36.2 Å². The number of hydrogen-bond donors (Lipinski definition) is 0. The van der Waals surface area contributed by atoms with Crippen LogP contribution in [0.25, 0.3) is 10.2 Å². The highest BCUT2D eigenvalue weighted by atomic mass is 32.2. The van der Waals surface area contributed by atoms with E-state index in [1.165, 1.54) is 32.7 Å². The molecule has 43 heavy (non-hydrogen) atoms. The molecule has 14 heteroatoms. The van der Waals surface area contributed by atoms with Crippen LogP contribution in [-0.4, -0.2) is 119 Å². The fraction of sp³-hybridized carbons (Fsp3) is 0.483. The molecule has 0 atom stereocenters. The monoisotopic (exact) mass is 631 g/mol. The van der Waals surface area contributed by atoms with E-state index < -0.39 is 16.1 Å². The van der Waals surface area contributed by atoms with Gasteiger partial charge in [-0.1, -0.05) is 11.3 Å². The van der Waals surface area contributed by atoms with Gasteiger partial charge in [-0.25, -0.2) is 18.2 Å². The Morgan fingerprint density at radius 2 is 1.74 bits per heavy atom. The molecule has 0 unspecified atom stereocenters. The minimum atomic E-state index is -3.80. The van der Waals surface area contributed by atoms with E-state index in [9.17, 15) is 18.0 Å². The molecule has 2 fully saturated rings. The fourth-order valence-electron chi connectivity index (χ4n) is 5.10. The molecular weight excluding hydrogens is 594 g/mol. The van der Waals surface area contributed by atoms with Crippen molar-refractivity contribution in [3.05, 3.63) is 48.0 Å². The van der Waals surface area contributed by atoms with E-state index in [4.69, 9.17) is 19.2 Å². The predicted octanol–water partition coefficient (Wildman–Crippen LogP) is 3.14. The number of anilines is 1. The molecule has 3 aromatic rings. The lowest BCUT2D eigenvalue weighted by Gasteiger charge is -2.33. The van der Waals surface area contributed by atoms with Gasteiger partial charge in [-0.05, 0) is 55.8 Å². The highest BCUT2D eigenvalue weighted by Crippen LogP contribution is 2.32. The number of piperazine rings is 1. The Morgan fingerprint density at radius 1 is 1.02 bits per heavy atom. The first-order valence-electron chi connectivity index (χ1n) is 14.4. The van der Waals surface area contributed by atoms with Gasteiger partial charge >= 0.3 is 6.09 Å². The minimum absolute atomic E-state index is 0.0968. The van der Waals surface area contributed by atoms with Gasteiger partial charge in [-0.2, -0.15) is 4.31 Å². The Kier molecular flexibility index (Phi) is 10.1. The molecule has 0 radical (unpaired) electrons. The van der Waals surface area contributed by atoms with Crippen LogP contribution in [0.1, 0.15) is 23.7 Å². The van der Waals surface area contributed by atoms with Crippen molar-refractivity contribution in [1.29, 1.82) is 0 Å². The maximum absolute atomic E-state index is 13.9. The third kappa shape index (κ3) is 7.27. The van der Waals surface area contributed by atoms with Crippen molar-refractivity contribution < 1.29 is 32.2 Å². The molecular formula is C29H37N5O7S2. The maximum atomic E-state index is 13.9. The molecule has 0 saturated carbocycles. The Hall–Kier alpha value is -3.30. The number of carbonyl (C=O) groups excluding carboxylic acids is 2. The first-order valence-corrected chi connectivity index (χ1v) is 16.6. The first-order chi connectivity index (χ1) is 20.8. The van der Waals surface area contributed by atoms with Gasteiger partial charge in [0.05, 0.1) is 42.0 Å². The number of aromatic nitrogens is 1. The summed E-state index contributed by atoms with van der Waals surface area (Å²) in [6.07, 6.45) is 0.305. The first kappa shape index (κ1) is 31.1. The molecule has 12 nitrogen and oxygen atoms in total. The highest BCUT2D eigenvalue weighted by Gasteiger charge is 2.31. The van der Waals surface area contributed by atoms with Crippen LogP contribution < -0.4 is 9.64 Å². The number of rotatable bonds is 10. The average molecular weight is 632 g/mol. The summed E-state index contributed by atoms with van der Waals surface area (Å²) in [5, 5.41) is 0.575. The minimum Gasteiger partial charge on any atom is -0.497 e. The second-order valence-corrected chi connectivity index (χ2v) is 13.2. The molecule has 0 aliphatic carbocycles. The summed E-state index contributed by atoms with van der Waals surface area (Å²) in [5.41, 5.74) is 1.14. The molecule has 2 saturated heterocycles. The zero-order valence-electron chi connectivity index (χ0n) is 24.4. The summed E-state index contributed by atoms with van der Waals surface area (Å²) in [6.45, 7) is 7.26. The van der Waals surface area contributed by atoms with Crippen molar-refractivity contribution in [2.45, 2.75) is 18.2 Å². The number of ether oxygens (including phenoxy) is 3. The fourth-order valence-corrected chi connectivity index (χ4v) is 7.54. The highest BCUT2D eigenvalue weighted by molar-refractivity contribution is 7.89. The van der Waals surface area contributed by atoms with Crippen LogP contribution in [0.3, 0.4) is 0 Å². The number of nitrogens with zero attached hydrogens (tertiary/aromatic N) is 5.